The Bertz CT molecular complexity index is 742. The van der Waals surface area contributed by atoms with Crippen molar-refractivity contribution in [1.29, 1.82) is 0 Å². The van der Waals surface area contributed by atoms with Crippen molar-refractivity contribution in [3.05, 3.63) is 5.82 Å². The molecule has 2 fully saturated rings. The molecule has 174 valence electrons. The third kappa shape index (κ3) is 6.37. The van der Waals surface area contributed by atoms with Crippen LogP contribution in [0, 0.1) is 5.92 Å². The standard InChI is InChI=1S/C22H39N7OS/c1-5-23-21(25-17-12-14-28(15-17)20(30)16(2)3)24-13-8-11-19-26-27-22(31-4)29(19)18-9-6-7-10-18/h16-18H,5-15H2,1-4H3,(H2,23,24,25). The second-order valence-electron chi connectivity index (χ2n) is 8.84. The Morgan fingerprint density at radius 3 is 2.71 bits per heavy atom. The van der Waals surface area contributed by atoms with E-state index < -0.39 is 0 Å². The number of hydrogen-bond acceptors (Lipinski definition) is 5. The number of rotatable bonds is 9. The summed E-state index contributed by atoms with van der Waals surface area (Å²) in [5.41, 5.74) is 0. The Morgan fingerprint density at radius 1 is 1.26 bits per heavy atom. The normalized spacial score (nSPS) is 20.1. The predicted molar refractivity (Wildman–Crippen MR) is 127 cm³/mol. The summed E-state index contributed by atoms with van der Waals surface area (Å²) < 4.78 is 2.38. The summed E-state index contributed by atoms with van der Waals surface area (Å²) in [6.45, 7) is 9.14. The summed E-state index contributed by atoms with van der Waals surface area (Å²) in [4.78, 5) is 19.0. The van der Waals surface area contributed by atoms with Crippen LogP contribution in [0.1, 0.15) is 71.2 Å². The number of nitrogens with one attached hydrogen (secondary N) is 2. The Kier molecular flexibility index (Phi) is 9.04. The lowest BCUT2D eigenvalue weighted by Crippen LogP contribution is -2.45. The molecule has 1 aromatic rings. The lowest BCUT2D eigenvalue weighted by Gasteiger charge is -2.20. The van der Waals surface area contributed by atoms with Gasteiger partial charge in [-0.3, -0.25) is 9.79 Å². The summed E-state index contributed by atoms with van der Waals surface area (Å²) in [5.74, 6) is 2.23. The second-order valence-corrected chi connectivity index (χ2v) is 9.62. The van der Waals surface area contributed by atoms with E-state index in [0.29, 0.717) is 6.04 Å². The summed E-state index contributed by atoms with van der Waals surface area (Å²) >= 11 is 1.69. The molecule has 1 aliphatic carbocycles. The minimum atomic E-state index is 0.0542. The highest BCUT2D eigenvalue weighted by atomic mass is 32.2. The molecule has 9 heteroatoms. The van der Waals surface area contributed by atoms with Crippen LogP contribution in [-0.4, -0.2) is 70.0 Å². The number of aromatic nitrogens is 3. The maximum atomic E-state index is 12.2. The van der Waals surface area contributed by atoms with Crippen molar-refractivity contribution in [2.24, 2.45) is 10.9 Å². The number of aliphatic imine (C=N–C) groups is 1. The van der Waals surface area contributed by atoms with Crippen LogP contribution >= 0.6 is 11.8 Å². The third-order valence-electron chi connectivity index (χ3n) is 6.11. The molecule has 31 heavy (non-hydrogen) atoms. The minimum Gasteiger partial charge on any atom is -0.357 e. The molecule has 0 spiro atoms. The number of carbonyl (C=O) groups is 1. The monoisotopic (exact) mass is 449 g/mol. The van der Waals surface area contributed by atoms with Gasteiger partial charge in [-0.25, -0.2) is 0 Å². The number of carbonyl (C=O) groups excluding carboxylic acids is 1. The Hall–Kier alpha value is -1.77. The Labute approximate surface area is 191 Å². The first-order chi connectivity index (χ1) is 15.0. The molecule has 0 radical (unpaired) electrons. The van der Waals surface area contributed by atoms with E-state index in [-0.39, 0.29) is 17.9 Å². The molecule has 1 amide bonds. The van der Waals surface area contributed by atoms with Gasteiger partial charge in [-0.2, -0.15) is 0 Å². The SMILES string of the molecule is CCNC(=NCCCc1nnc(SC)n1C1CCCC1)NC1CCN(C(=O)C(C)C)C1. The predicted octanol–water partition coefficient (Wildman–Crippen LogP) is 2.86. The van der Waals surface area contributed by atoms with Gasteiger partial charge >= 0.3 is 0 Å². The van der Waals surface area contributed by atoms with E-state index >= 15 is 0 Å². The van der Waals surface area contributed by atoms with Gasteiger partial charge in [0, 0.05) is 50.6 Å². The quantitative estimate of drug-likeness (QED) is 0.261. The van der Waals surface area contributed by atoms with Crippen molar-refractivity contribution in [2.75, 3.05) is 32.4 Å². The topological polar surface area (TPSA) is 87.4 Å². The number of amides is 1. The van der Waals surface area contributed by atoms with Crippen LogP contribution in [0.3, 0.4) is 0 Å². The smallest absolute Gasteiger partial charge is 0.225 e. The van der Waals surface area contributed by atoms with Gasteiger partial charge in [0.25, 0.3) is 0 Å². The van der Waals surface area contributed by atoms with E-state index in [1.165, 1.54) is 25.7 Å². The van der Waals surface area contributed by atoms with Crippen LogP contribution in [0.25, 0.3) is 0 Å². The number of aryl methyl sites for hydroxylation is 1. The van der Waals surface area contributed by atoms with E-state index in [0.717, 1.165) is 62.4 Å². The molecule has 1 atom stereocenters. The zero-order chi connectivity index (χ0) is 22.2. The summed E-state index contributed by atoms with van der Waals surface area (Å²) in [5, 5.41) is 16.8. The van der Waals surface area contributed by atoms with E-state index in [1.54, 1.807) is 11.8 Å². The van der Waals surface area contributed by atoms with Gasteiger partial charge < -0.3 is 20.1 Å². The molecule has 1 saturated carbocycles. The van der Waals surface area contributed by atoms with E-state index in [9.17, 15) is 4.79 Å². The number of thioether (sulfide) groups is 1. The molecule has 0 aromatic carbocycles. The fourth-order valence-electron chi connectivity index (χ4n) is 4.53. The Morgan fingerprint density at radius 2 is 2.03 bits per heavy atom. The van der Waals surface area contributed by atoms with Crippen LogP contribution in [0.5, 0.6) is 0 Å². The molecule has 3 rings (SSSR count). The fourth-order valence-corrected chi connectivity index (χ4v) is 5.10. The minimum absolute atomic E-state index is 0.0542. The lowest BCUT2D eigenvalue weighted by atomic mass is 10.2. The number of hydrogen-bond donors (Lipinski definition) is 2. The molecule has 2 heterocycles. The van der Waals surface area contributed by atoms with Crippen LogP contribution in [0.4, 0.5) is 0 Å². The third-order valence-corrected chi connectivity index (χ3v) is 6.76. The fraction of sp³-hybridized carbons (Fsp3) is 0.818. The largest absolute Gasteiger partial charge is 0.357 e. The van der Waals surface area contributed by atoms with E-state index in [4.69, 9.17) is 4.99 Å². The summed E-state index contributed by atoms with van der Waals surface area (Å²) in [6.07, 6.45) is 9.97. The maximum Gasteiger partial charge on any atom is 0.225 e. The zero-order valence-corrected chi connectivity index (χ0v) is 20.4. The lowest BCUT2D eigenvalue weighted by molar-refractivity contribution is -0.133. The van der Waals surface area contributed by atoms with Crippen molar-refractivity contribution in [3.63, 3.8) is 0 Å². The van der Waals surface area contributed by atoms with Crippen molar-refractivity contribution >= 4 is 23.6 Å². The number of likely N-dealkylation sites (tertiary alicyclic amines) is 1. The molecule has 0 bridgehead atoms. The van der Waals surface area contributed by atoms with Gasteiger partial charge in [0.05, 0.1) is 0 Å². The summed E-state index contributed by atoms with van der Waals surface area (Å²) in [7, 11) is 0. The average Bonchev–Trinajstić information content (AvgIpc) is 3.50. The van der Waals surface area contributed by atoms with Gasteiger partial charge in [0.1, 0.15) is 5.82 Å². The number of nitrogens with zero attached hydrogens (tertiary/aromatic N) is 5. The molecule has 1 aliphatic heterocycles. The molecule has 2 aliphatic rings. The first kappa shape index (κ1) is 23.9. The maximum absolute atomic E-state index is 12.2. The average molecular weight is 450 g/mol. The Balaban J connectivity index is 1.52. The highest BCUT2D eigenvalue weighted by molar-refractivity contribution is 7.98. The molecule has 1 unspecified atom stereocenters. The summed E-state index contributed by atoms with van der Waals surface area (Å²) in [6, 6.07) is 0.823. The highest BCUT2D eigenvalue weighted by Gasteiger charge is 2.28. The van der Waals surface area contributed by atoms with Crippen LogP contribution in [0.15, 0.2) is 10.1 Å². The molecular formula is C22H39N7OS. The first-order valence-corrected chi connectivity index (χ1v) is 13.1. The van der Waals surface area contributed by atoms with Gasteiger partial charge in [0.15, 0.2) is 11.1 Å². The van der Waals surface area contributed by atoms with Gasteiger partial charge in [-0.1, -0.05) is 38.5 Å². The van der Waals surface area contributed by atoms with Crippen molar-refractivity contribution < 1.29 is 4.79 Å². The molecule has 1 aromatic heterocycles. The van der Waals surface area contributed by atoms with E-state index in [2.05, 4.69) is 38.6 Å². The zero-order valence-electron chi connectivity index (χ0n) is 19.6. The van der Waals surface area contributed by atoms with Crippen molar-refractivity contribution in [2.45, 2.75) is 83.0 Å². The molecule has 8 nitrogen and oxygen atoms in total. The van der Waals surface area contributed by atoms with Gasteiger partial charge in [-0.05, 0) is 38.9 Å². The van der Waals surface area contributed by atoms with Crippen molar-refractivity contribution in [3.8, 4) is 0 Å². The molecule has 1 saturated heterocycles. The van der Waals surface area contributed by atoms with Crippen molar-refractivity contribution in [1.82, 2.24) is 30.3 Å². The van der Waals surface area contributed by atoms with Gasteiger partial charge in [-0.15, -0.1) is 10.2 Å². The first-order valence-electron chi connectivity index (χ1n) is 11.8. The van der Waals surface area contributed by atoms with Crippen LogP contribution < -0.4 is 10.6 Å². The molecule has 2 N–H and O–H groups in total. The second kappa shape index (κ2) is 11.7. The van der Waals surface area contributed by atoms with Gasteiger partial charge in [0.2, 0.25) is 5.91 Å². The van der Waals surface area contributed by atoms with Crippen LogP contribution in [-0.2, 0) is 11.2 Å². The highest BCUT2D eigenvalue weighted by Crippen LogP contribution is 2.33. The van der Waals surface area contributed by atoms with E-state index in [1.807, 2.05) is 18.7 Å². The van der Waals surface area contributed by atoms with Crippen LogP contribution in [0.2, 0.25) is 0 Å². The number of guanidine groups is 1. The molecular weight excluding hydrogens is 410 g/mol.